The van der Waals surface area contributed by atoms with E-state index in [0.29, 0.717) is 28.2 Å². The highest BCUT2D eigenvalue weighted by Gasteiger charge is 2.10. The number of urea groups is 1. The van der Waals surface area contributed by atoms with Crippen molar-refractivity contribution in [3.05, 3.63) is 81.6 Å². The van der Waals surface area contributed by atoms with Crippen LogP contribution in [-0.4, -0.2) is 22.0 Å². The van der Waals surface area contributed by atoms with Gasteiger partial charge in [0.1, 0.15) is 0 Å². The molecule has 30 heavy (non-hydrogen) atoms. The number of benzene rings is 2. The second kappa shape index (κ2) is 10.0. The lowest BCUT2D eigenvalue weighted by Gasteiger charge is -2.12. The van der Waals surface area contributed by atoms with E-state index in [9.17, 15) is 4.79 Å². The van der Waals surface area contributed by atoms with Crippen LogP contribution in [0.4, 0.5) is 16.4 Å². The van der Waals surface area contributed by atoms with Crippen LogP contribution in [0, 0.1) is 13.8 Å². The summed E-state index contributed by atoms with van der Waals surface area (Å²) in [5, 5.41) is 9.54. The monoisotopic (exact) mass is 442 g/mol. The van der Waals surface area contributed by atoms with Gasteiger partial charge in [-0.1, -0.05) is 41.4 Å². The van der Waals surface area contributed by atoms with E-state index in [-0.39, 0.29) is 5.96 Å². The fraction of sp³-hybridized carbons (Fsp3) is 0.143. The summed E-state index contributed by atoms with van der Waals surface area (Å²) in [5.41, 5.74) is 3.08. The second-order valence-corrected chi connectivity index (χ2v) is 7.35. The molecule has 0 bridgehead atoms. The highest BCUT2D eigenvalue weighted by molar-refractivity contribution is 6.31. The first-order chi connectivity index (χ1) is 14.4. The molecule has 0 atom stereocenters. The summed E-state index contributed by atoms with van der Waals surface area (Å²) >= 11 is 11.9. The van der Waals surface area contributed by atoms with Crippen LogP contribution in [0.1, 0.15) is 17.0 Å². The van der Waals surface area contributed by atoms with Gasteiger partial charge in [-0.05, 0) is 55.8 Å². The fourth-order valence-electron chi connectivity index (χ4n) is 2.59. The smallest absolute Gasteiger partial charge is 0.308 e. The van der Waals surface area contributed by atoms with E-state index in [2.05, 4.69) is 30.9 Å². The zero-order chi connectivity index (χ0) is 21.5. The number of amides is 2. The molecule has 0 aliphatic rings. The summed E-state index contributed by atoms with van der Waals surface area (Å²) < 4.78 is 0. The van der Waals surface area contributed by atoms with Crippen molar-refractivity contribution in [2.45, 2.75) is 20.4 Å². The molecule has 1 aromatic heterocycles. The van der Waals surface area contributed by atoms with Gasteiger partial charge in [-0.2, -0.15) is 0 Å². The van der Waals surface area contributed by atoms with E-state index < -0.39 is 6.03 Å². The minimum Gasteiger partial charge on any atom is -0.308 e. The maximum absolute atomic E-state index is 12.5. The van der Waals surface area contributed by atoms with Crippen molar-refractivity contribution in [3.63, 3.8) is 0 Å². The van der Waals surface area contributed by atoms with Gasteiger partial charge in [-0.25, -0.2) is 19.8 Å². The lowest BCUT2D eigenvalue weighted by molar-refractivity contribution is 0.256. The van der Waals surface area contributed by atoms with E-state index in [1.54, 1.807) is 36.4 Å². The third kappa shape index (κ3) is 6.72. The van der Waals surface area contributed by atoms with Gasteiger partial charge in [-0.15, -0.1) is 0 Å². The molecule has 0 unspecified atom stereocenters. The first-order valence-corrected chi connectivity index (χ1v) is 9.85. The SMILES string of the molecule is Cc1cc(C)nc(NC(=NCc2ccc(Cl)cc2)NC(=O)Nc2cccc(Cl)c2)n1. The second-order valence-electron chi connectivity index (χ2n) is 6.48. The number of rotatable bonds is 4. The Morgan fingerprint density at radius 2 is 1.63 bits per heavy atom. The molecule has 0 aliphatic carbocycles. The molecular formula is C21H20Cl2N6O. The summed E-state index contributed by atoms with van der Waals surface area (Å²) in [6.07, 6.45) is 0. The molecule has 3 N–H and O–H groups in total. The maximum Gasteiger partial charge on any atom is 0.326 e. The van der Waals surface area contributed by atoms with Gasteiger partial charge in [0, 0.05) is 27.1 Å². The molecule has 154 valence electrons. The number of aromatic nitrogens is 2. The Labute approximate surface area is 184 Å². The molecule has 0 fully saturated rings. The van der Waals surface area contributed by atoms with E-state index in [1.807, 2.05) is 32.0 Å². The van der Waals surface area contributed by atoms with Crippen molar-refractivity contribution >= 4 is 46.8 Å². The Hall–Kier alpha value is -3.16. The average Bonchev–Trinajstić information content (AvgIpc) is 2.66. The van der Waals surface area contributed by atoms with E-state index in [4.69, 9.17) is 23.2 Å². The van der Waals surface area contributed by atoms with Crippen LogP contribution >= 0.6 is 23.2 Å². The maximum atomic E-state index is 12.5. The van der Waals surface area contributed by atoms with Gasteiger partial charge in [0.05, 0.1) is 6.54 Å². The number of halogens is 2. The molecule has 0 aliphatic heterocycles. The standard InChI is InChI=1S/C21H20Cl2N6O/c1-13-10-14(2)26-20(25-13)28-19(24-12-15-6-8-16(22)9-7-15)29-21(30)27-18-5-3-4-17(23)11-18/h3-11H,12H2,1-2H3,(H3,24,25,26,27,28,29,30). The van der Waals surface area contributed by atoms with E-state index >= 15 is 0 Å². The lowest BCUT2D eigenvalue weighted by atomic mass is 10.2. The number of hydrogen-bond donors (Lipinski definition) is 3. The fourth-order valence-corrected chi connectivity index (χ4v) is 2.91. The van der Waals surface area contributed by atoms with Gasteiger partial charge in [-0.3, -0.25) is 10.6 Å². The van der Waals surface area contributed by atoms with Crippen LogP contribution in [0.3, 0.4) is 0 Å². The number of aryl methyl sites for hydroxylation is 2. The molecule has 1 heterocycles. The number of nitrogens with one attached hydrogen (secondary N) is 3. The van der Waals surface area contributed by atoms with Crippen LogP contribution < -0.4 is 16.0 Å². The largest absolute Gasteiger partial charge is 0.326 e. The Morgan fingerprint density at radius 1 is 0.933 bits per heavy atom. The van der Waals surface area contributed by atoms with Gasteiger partial charge in [0.15, 0.2) is 0 Å². The van der Waals surface area contributed by atoms with Gasteiger partial charge >= 0.3 is 6.03 Å². The van der Waals surface area contributed by atoms with Crippen molar-refractivity contribution in [1.82, 2.24) is 15.3 Å². The van der Waals surface area contributed by atoms with Gasteiger partial charge < -0.3 is 5.32 Å². The predicted octanol–water partition coefficient (Wildman–Crippen LogP) is 5.19. The number of nitrogens with zero attached hydrogens (tertiary/aromatic N) is 3. The van der Waals surface area contributed by atoms with Gasteiger partial charge in [0.25, 0.3) is 0 Å². The first-order valence-electron chi connectivity index (χ1n) is 9.09. The molecule has 0 radical (unpaired) electrons. The third-order valence-corrected chi connectivity index (χ3v) is 4.35. The minimum absolute atomic E-state index is 0.203. The molecule has 9 heteroatoms. The predicted molar refractivity (Wildman–Crippen MR) is 121 cm³/mol. The summed E-state index contributed by atoms with van der Waals surface area (Å²) in [6.45, 7) is 4.05. The molecule has 0 saturated heterocycles. The first kappa shape index (κ1) is 21.5. The quantitative estimate of drug-likeness (QED) is 0.382. The topological polar surface area (TPSA) is 91.3 Å². The zero-order valence-electron chi connectivity index (χ0n) is 16.4. The number of aliphatic imine (C=N–C) groups is 1. The summed E-state index contributed by atoms with van der Waals surface area (Å²) in [6, 6.07) is 15.5. The molecular weight excluding hydrogens is 423 g/mol. The van der Waals surface area contributed by atoms with Crippen LogP contribution in [0.25, 0.3) is 0 Å². The van der Waals surface area contributed by atoms with Crippen LogP contribution in [-0.2, 0) is 6.54 Å². The highest BCUT2D eigenvalue weighted by Crippen LogP contribution is 2.15. The van der Waals surface area contributed by atoms with Crippen molar-refractivity contribution in [3.8, 4) is 0 Å². The number of carbonyl (C=O) groups is 1. The zero-order valence-corrected chi connectivity index (χ0v) is 17.9. The summed E-state index contributed by atoms with van der Waals surface area (Å²) in [4.78, 5) is 25.6. The van der Waals surface area contributed by atoms with Crippen molar-refractivity contribution in [2.75, 3.05) is 10.6 Å². The number of hydrogen-bond acceptors (Lipinski definition) is 4. The molecule has 3 rings (SSSR count). The molecule has 3 aromatic rings. The minimum atomic E-state index is -0.482. The Morgan fingerprint density at radius 3 is 2.30 bits per heavy atom. The van der Waals surface area contributed by atoms with E-state index in [1.165, 1.54) is 0 Å². The Balaban J connectivity index is 1.77. The number of anilines is 2. The molecule has 0 spiro atoms. The molecule has 7 nitrogen and oxygen atoms in total. The summed E-state index contributed by atoms with van der Waals surface area (Å²) in [7, 11) is 0. The van der Waals surface area contributed by atoms with E-state index in [0.717, 1.165) is 17.0 Å². The highest BCUT2D eigenvalue weighted by atomic mass is 35.5. The van der Waals surface area contributed by atoms with Crippen LogP contribution in [0.2, 0.25) is 10.0 Å². The molecule has 2 aromatic carbocycles. The van der Waals surface area contributed by atoms with Gasteiger partial charge in [0.2, 0.25) is 11.9 Å². The normalized spacial score (nSPS) is 11.1. The molecule has 0 saturated carbocycles. The Kier molecular flexibility index (Phi) is 7.21. The number of guanidine groups is 1. The molecule has 2 amide bonds. The third-order valence-electron chi connectivity index (χ3n) is 3.86. The summed E-state index contributed by atoms with van der Waals surface area (Å²) in [5.74, 6) is 0.542. The van der Waals surface area contributed by atoms with Crippen molar-refractivity contribution < 1.29 is 4.79 Å². The van der Waals surface area contributed by atoms with Crippen molar-refractivity contribution in [2.24, 2.45) is 4.99 Å². The number of carbonyl (C=O) groups excluding carboxylic acids is 1. The van der Waals surface area contributed by atoms with Crippen LogP contribution in [0.5, 0.6) is 0 Å². The van der Waals surface area contributed by atoms with Crippen LogP contribution in [0.15, 0.2) is 59.6 Å². The van der Waals surface area contributed by atoms with Crippen molar-refractivity contribution in [1.29, 1.82) is 0 Å². The Bertz CT molecular complexity index is 1050. The lowest BCUT2D eigenvalue weighted by Crippen LogP contribution is -2.39. The average molecular weight is 443 g/mol.